The number of carbonyl (C=O) groups excluding carboxylic acids is 1. The first-order valence-electron chi connectivity index (χ1n) is 8.70. The normalized spacial score (nSPS) is 18.4. The largest absolute Gasteiger partial charge is 0.336 e. The smallest absolute Gasteiger partial charge is 0.253 e. The van der Waals surface area contributed by atoms with Gasteiger partial charge in [-0.05, 0) is 76.9 Å². The second kappa shape index (κ2) is 7.25. The second-order valence-electron chi connectivity index (χ2n) is 6.76. The number of halogens is 2. The zero-order valence-electron chi connectivity index (χ0n) is 13.9. The third-order valence-corrected chi connectivity index (χ3v) is 6.19. The minimum absolute atomic E-state index is 0.134. The highest BCUT2D eigenvalue weighted by Gasteiger charge is 2.32. The monoisotopic (exact) mass is 466 g/mol. The van der Waals surface area contributed by atoms with Crippen molar-refractivity contribution in [3.05, 3.63) is 56.6 Å². The van der Waals surface area contributed by atoms with Crippen LogP contribution in [0, 0.1) is 3.57 Å². The van der Waals surface area contributed by atoms with Crippen molar-refractivity contribution in [1.29, 1.82) is 0 Å². The third-order valence-electron chi connectivity index (χ3n) is 5.01. The molecule has 1 aliphatic carbocycles. The maximum absolute atomic E-state index is 12.9. The Morgan fingerprint density at radius 1 is 1.04 bits per heavy atom. The lowest BCUT2D eigenvalue weighted by Gasteiger charge is -2.34. The molecule has 130 valence electrons. The molecule has 0 N–H and O–H groups in total. The van der Waals surface area contributed by atoms with E-state index in [1.54, 1.807) is 0 Å². The summed E-state index contributed by atoms with van der Waals surface area (Å²) >= 11 is 8.46. The van der Waals surface area contributed by atoms with Crippen molar-refractivity contribution in [1.82, 2.24) is 9.80 Å². The van der Waals surface area contributed by atoms with E-state index in [1.807, 2.05) is 47.4 Å². The number of amides is 1. The number of hydrogen-bond donors (Lipinski definition) is 0. The molecule has 2 fully saturated rings. The summed E-state index contributed by atoms with van der Waals surface area (Å²) in [5.74, 6) is 0.134. The highest BCUT2D eigenvalue weighted by atomic mass is 127. The number of benzene rings is 2. The van der Waals surface area contributed by atoms with E-state index in [-0.39, 0.29) is 5.91 Å². The second-order valence-corrected chi connectivity index (χ2v) is 8.36. The van der Waals surface area contributed by atoms with E-state index in [2.05, 4.69) is 27.5 Å². The fourth-order valence-electron chi connectivity index (χ4n) is 3.45. The summed E-state index contributed by atoms with van der Waals surface area (Å²) in [6.45, 7) is 3.66. The zero-order valence-corrected chi connectivity index (χ0v) is 16.8. The summed E-state index contributed by atoms with van der Waals surface area (Å²) < 4.78 is 1.13. The van der Waals surface area contributed by atoms with Crippen LogP contribution in [0.25, 0.3) is 11.1 Å². The molecule has 0 bridgehead atoms. The fraction of sp³-hybridized carbons (Fsp3) is 0.350. The molecule has 0 radical (unpaired) electrons. The van der Waals surface area contributed by atoms with Crippen molar-refractivity contribution in [3.8, 4) is 11.1 Å². The van der Waals surface area contributed by atoms with E-state index in [0.29, 0.717) is 5.02 Å². The van der Waals surface area contributed by atoms with Crippen LogP contribution in [0.2, 0.25) is 5.02 Å². The fourth-order valence-corrected chi connectivity index (χ4v) is 4.27. The van der Waals surface area contributed by atoms with E-state index in [9.17, 15) is 4.79 Å². The van der Waals surface area contributed by atoms with E-state index in [1.165, 1.54) is 12.8 Å². The molecule has 0 unspecified atom stereocenters. The van der Waals surface area contributed by atoms with Crippen molar-refractivity contribution in [2.24, 2.45) is 0 Å². The number of piperazine rings is 1. The predicted octanol–water partition coefficient (Wildman–Crippen LogP) is 4.53. The van der Waals surface area contributed by atoms with Crippen LogP contribution in [0.3, 0.4) is 0 Å². The SMILES string of the molecule is O=C(c1cccc(-c2cc(Cl)ccc2I)c1)N1CCN(C2CC2)CC1. The van der Waals surface area contributed by atoms with Gasteiger partial charge < -0.3 is 4.90 Å². The van der Waals surface area contributed by atoms with Crippen LogP contribution in [0.15, 0.2) is 42.5 Å². The maximum atomic E-state index is 12.9. The highest BCUT2D eigenvalue weighted by Crippen LogP contribution is 2.30. The number of nitrogens with zero attached hydrogens (tertiary/aromatic N) is 2. The topological polar surface area (TPSA) is 23.6 Å². The molecule has 2 aliphatic rings. The Bertz CT molecular complexity index is 798. The Kier molecular flexibility index (Phi) is 5.02. The van der Waals surface area contributed by atoms with Crippen LogP contribution < -0.4 is 0 Å². The van der Waals surface area contributed by atoms with Crippen LogP contribution in [-0.4, -0.2) is 47.9 Å². The van der Waals surface area contributed by atoms with Crippen molar-refractivity contribution < 1.29 is 4.79 Å². The maximum Gasteiger partial charge on any atom is 0.253 e. The molecule has 1 aliphatic heterocycles. The summed E-state index contributed by atoms with van der Waals surface area (Å²) in [6.07, 6.45) is 2.66. The van der Waals surface area contributed by atoms with Gasteiger partial charge in [0.15, 0.2) is 0 Å². The van der Waals surface area contributed by atoms with Crippen molar-refractivity contribution in [2.75, 3.05) is 26.2 Å². The molecule has 25 heavy (non-hydrogen) atoms. The molecular weight excluding hydrogens is 447 g/mol. The molecule has 3 nitrogen and oxygen atoms in total. The molecule has 0 spiro atoms. The first kappa shape index (κ1) is 17.3. The molecule has 5 heteroatoms. The summed E-state index contributed by atoms with van der Waals surface area (Å²) in [5.41, 5.74) is 2.86. The Balaban J connectivity index is 1.53. The van der Waals surface area contributed by atoms with Gasteiger partial charge in [0, 0.05) is 46.4 Å². The van der Waals surface area contributed by atoms with E-state index in [4.69, 9.17) is 11.6 Å². The van der Waals surface area contributed by atoms with Gasteiger partial charge in [-0.3, -0.25) is 9.69 Å². The Morgan fingerprint density at radius 3 is 2.52 bits per heavy atom. The Morgan fingerprint density at radius 2 is 1.80 bits per heavy atom. The first-order valence-corrected chi connectivity index (χ1v) is 10.2. The average Bonchev–Trinajstić information content (AvgIpc) is 3.48. The van der Waals surface area contributed by atoms with Gasteiger partial charge in [-0.25, -0.2) is 0 Å². The lowest BCUT2D eigenvalue weighted by molar-refractivity contribution is 0.0627. The summed E-state index contributed by atoms with van der Waals surface area (Å²) in [6, 6.07) is 14.5. The quantitative estimate of drug-likeness (QED) is 0.621. The minimum Gasteiger partial charge on any atom is -0.336 e. The highest BCUT2D eigenvalue weighted by molar-refractivity contribution is 14.1. The van der Waals surface area contributed by atoms with Gasteiger partial charge in [-0.15, -0.1) is 0 Å². The van der Waals surface area contributed by atoms with Crippen molar-refractivity contribution in [2.45, 2.75) is 18.9 Å². The molecule has 0 aromatic heterocycles. The molecule has 2 aromatic rings. The van der Waals surface area contributed by atoms with Gasteiger partial charge in [0.05, 0.1) is 0 Å². The zero-order chi connectivity index (χ0) is 17.4. The van der Waals surface area contributed by atoms with Gasteiger partial charge in [0.1, 0.15) is 0 Å². The van der Waals surface area contributed by atoms with Crippen LogP contribution in [0.5, 0.6) is 0 Å². The molecule has 1 saturated carbocycles. The van der Waals surface area contributed by atoms with Gasteiger partial charge in [0.25, 0.3) is 5.91 Å². The lowest BCUT2D eigenvalue weighted by atomic mass is 10.0. The first-order chi connectivity index (χ1) is 12.1. The molecule has 2 aromatic carbocycles. The van der Waals surface area contributed by atoms with Crippen LogP contribution in [0.4, 0.5) is 0 Å². The van der Waals surface area contributed by atoms with Crippen LogP contribution in [0.1, 0.15) is 23.2 Å². The van der Waals surface area contributed by atoms with E-state index < -0.39 is 0 Å². The molecule has 4 rings (SSSR count). The number of carbonyl (C=O) groups is 1. The van der Waals surface area contributed by atoms with Gasteiger partial charge >= 0.3 is 0 Å². The number of rotatable bonds is 3. The Labute approximate surface area is 167 Å². The molecule has 0 atom stereocenters. The number of hydrogen-bond acceptors (Lipinski definition) is 2. The summed E-state index contributed by atoms with van der Waals surface area (Å²) in [4.78, 5) is 17.4. The third kappa shape index (κ3) is 3.86. The summed E-state index contributed by atoms with van der Waals surface area (Å²) in [5, 5.41) is 0.711. The Hall–Kier alpha value is -1.11. The van der Waals surface area contributed by atoms with Crippen LogP contribution >= 0.6 is 34.2 Å². The standard InChI is InChI=1S/C20H20ClIN2O/c21-16-4-7-19(22)18(13-16)14-2-1-3-15(12-14)20(25)24-10-8-23(9-11-24)17-5-6-17/h1-4,7,12-13,17H,5-6,8-11H2. The van der Waals surface area contributed by atoms with Gasteiger partial charge in [0.2, 0.25) is 0 Å². The predicted molar refractivity (Wildman–Crippen MR) is 110 cm³/mol. The molecule has 1 amide bonds. The molecular formula is C20H20ClIN2O. The van der Waals surface area contributed by atoms with Gasteiger partial charge in [-0.1, -0.05) is 23.7 Å². The minimum atomic E-state index is 0.134. The van der Waals surface area contributed by atoms with Crippen molar-refractivity contribution >= 4 is 40.1 Å². The lowest BCUT2D eigenvalue weighted by Crippen LogP contribution is -2.49. The van der Waals surface area contributed by atoms with Crippen LogP contribution in [-0.2, 0) is 0 Å². The van der Waals surface area contributed by atoms with E-state index >= 15 is 0 Å². The molecule has 1 saturated heterocycles. The van der Waals surface area contributed by atoms with Crippen molar-refractivity contribution in [3.63, 3.8) is 0 Å². The van der Waals surface area contributed by atoms with Gasteiger partial charge in [-0.2, -0.15) is 0 Å². The summed E-state index contributed by atoms with van der Waals surface area (Å²) in [7, 11) is 0. The average molecular weight is 467 g/mol. The van der Waals surface area contributed by atoms with E-state index in [0.717, 1.165) is 52.5 Å². The molecule has 1 heterocycles.